The summed E-state index contributed by atoms with van der Waals surface area (Å²) in [4.78, 5) is 33.9. The van der Waals surface area contributed by atoms with Crippen LogP contribution in [0.1, 0.15) is 46.5 Å². The molecule has 4 aliphatic rings. The van der Waals surface area contributed by atoms with Crippen molar-refractivity contribution in [3.05, 3.63) is 53.4 Å². The summed E-state index contributed by atoms with van der Waals surface area (Å²) in [6, 6.07) is 11.3. The van der Waals surface area contributed by atoms with E-state index in [1.807, 2.05) is 56.0 Å². The van der Waals surface area contributed by atoms with Gasteiger partial charge in [-0.05, 0) is 64.5 Å². The van der Waals surface area contributed by atoms with E-state index in [1.54, 1.807) is 12.3 Å². The van der Waals surface area contributed by atoms with Gasteiger partial charge < -0.3 is 19.1 Å². The molecule has 0 aliphatic carbocycles. The van der Waals surface area contributed by atoms with Crippen molar-refractivity contribution in [2.75, 3.05) is 50.9 Å². The van der Waals surface area contributed by atoms with Crippen LogP contribution in [0.2, 0.25) is 5.02 Å². The highest BCUT2D eigenvalue weighted by atomic mass is 35.5. The lowest BCUT2D eigenvalue weighted by Gasteiger charge is -2.42. The number of carbonyl (C=O) groups is 1. The number of ether oxygens (including phenoxy) is 3. The summed E-state index contributed by atoms with van der Waals surface area (Å²) >= 11 is 6.64. The zero-order chi connectivity index (χ0) is 33.2. The number of piperazine rings is 1. The van der Waals surface area contributed by atoms with Gasteiger partial charge in [0.15, 0.2) is 5.82 Å². The standard InChI is InChI=1S/C36H40ClFN6O4/c1-35(2,3)48-34(45)44-23-11-12-24(44)19-42(18-23)32-26-17-39-30(25-9-4-7-22-8-5-10-27(37)28(22)25)29(38)31(26)40-33(41-32)47-21-36-13-6-14-43(36)15-16-46-20-36/h4-5,7-10,17,23-24H,6,11-16,18-21H2,1-3H3/t23-,24+,36?. The Morgan fingerprint density at radius 1 is 1.10 bits per heavy atom. The Balaban J connectivity index is 1.20. The molecule has 2 bridgehead atoms. The average Bonchev–Trinajstić information content (AvgIpc) is 3.61. The van der Waals surface area contributed by atoms with E-state index >= 15 is 4.39 Å². The topological polar surface area (TPSA) is 93.2 Å². The van der Waals surface area contributed by atoms with E-state index in [-0.39, 0.29) is 40.9 Å². The quantitative estimate of drug-likeness (QED) is 0.236. The molecule has 0 spiro atoms. The Kier molecular flexibility index (Phi) is 7.84. The predicted octanol–water partition coefficient (Wildman–Crippen LogP) is 6.47. The second-order valence-electron chi connectivity index (χ2n) is 14.5. The highest BCUT2D eigenvalue weighted by Crippen LogP contribution is 2.40. The van der Waals surface area contributed by atoms with E-state index in [1.165, 1.54) is 0 Å². The molecular weight excluding hydrogens is 635 g/mol. The van der Waals surface area contributed by atoms with Crippen molar-refractivity contribution in [2.45, 2.75) is 69.7 Å². The molecule has 48 heavy (non-hydrogen) atoms. The van der Waals surface area contributed by atoms with Crippen LogP contribution in [-0.2, 0) is 9.47 Å². The zero-order valence-electron chi connectivity index (χ0n) is 27.5. The van der Waals surface area contributed by atoms with Gasteiger partial charge in [0.05, 0.1) is 36.2 Å². The van der Waals surface area contributed by atoms with E-state index < -0.39 is 11.4 Å². The third kappa shape index (κ3) is 5.49. The van der Waals surface area contributed by atoms with Crippen molar-refractivity contribution in [1.29, 1.82) is 0 Å². The largest absolute Gasteiger partial charge is 0.461 e. The maximum atomic E-state index is 16.9. The molecule has 0 saturated carbocycles. The number of morpholine rings is 1. The minimum absolute atomic E-state index is 0.0618. The van der Waals surface area contributed by atoms with Crippen LogP contribution < -0.4 is 9.64 Å². The lowest BCUT2D eigenvalue weighted by atomic mass is 9.97. The number of amides is 1. The van der Waals surface area contributed by atoms with E-state index in [2.05, 4.69) is 14.8 Å². The number of nitrogens with zero attached hydrogens (tertiary/aromatic N) is 6. The van der Waals surface area contributed by atoms with Crippen molar-refractivity contribution in [1.82, 2.24) is 24.8 Å². The molecule has 4 saturated heterocycles. The molecule has 4 fully saturated rings. The highest BCUT2D eigenvalue weighted by molar-refractivity contribution is 6.36. The summed E-state index contributed by atoms with van der Waals surface area (Å²) in [7, 11) is 0. The average molecular weight is 675 g/mol. The van der Waals surface area contributed by atoms with Crippen LogP contribution in [0.5, 0.6) is 6.01 Å². The van der Waals surface area contributed by atoms with Crippen LogP contribution in [-0.4, -0.2) is 100 Å². The Morgan fingerprint density at radius 3 is 2.65 bits per heavy atom. The fraction of sp³-hybridized carbons (Fsp3) is 0.500. The highest BCUT2D eigenvalue weighted by Gasteiger charge is 2.46. The number of carbonyl (C=O) groups excluding carboxylic acids is 1. The van der Waals surface area contributed by atoms with Crippen molar-refractivity contribution in [3.8, 4) is 17.3 Å². The van der Waals surface area contributed by atoms with Gasteiger partial charge in [-0.3, -0.25) is 14.8 Å². The van der Waals surface area contributed by atoms with Gasteiger partial charge in [-0.1, -0.05) is 41.9 Å². The molecule has 8 rings (SSSR count). The lowest BCUT2D eigenvalue weighted by Crippen LogP contribution is -2.57. The first-order valence-electron chi connectivity index (χ1n) is 16.9. The zero-order valence-corrected chi connectivity index (χ0v) is 28.3. The molecule has 6 heterocycles. The Hall–Kier alpha value is -3.80. The summed E-state index contributed by atoms with van der Waals surface area (Å²) < 4.78 is 34.9. The van der Waals surface area contributed by atoms with Crippen LogP contribution in [0.25, 0.3) is 32.9 Å². The minimum atomic E-state index is -0.588. The number of hydrogen-bond donors (Lipinski definition) is 0. The fourth-order valence-electron chi connectivity index (χ4n) is 8.04. The van der Waals surface area contributed by atoms with Crippen molar-refractivity contribution < 1.29 is 23.4 Å². The van der Waals surface area contributed by atoms with Crippen molar-refractivity contribution in [2.24, 2.45) is 0 Å². The molecule has 0 N–H and O–H groups in total. The first-order valence-corrected chi connectivity index (χ1v) is 17.2. The maximum absolute atomic E-state index is 16.9. The number of hydrogen-bond acceptors (Lipinski definition) is 9. The van der Waals surface area contributed by atoms with Gasteiger partial charge in [0.1, 0.15) is 29.2 Å². The molecule has 2 aromatic carbocycles. The van der Waals surface area contributed by atoms with Gasteiger partial charge in [-0.15, -0.1) is 0 Å². The molecule has 12 heteroatoms. The molecule has 4 aromatic rings. The second kappa shape index (κ2) is 12.0. The van der Waals surface area contributed by atoms with E-state index in [4.69, 9.17) is 35.8 Å². The number of rotatable bonds is 5. The van der Waals surface area contributed by atoms with Gasteiger partial charge in [-0.2, -0.15) is 9.97 Å². The first kappa shape index (κ1) is 31.5. The molecule has 10 nitrogen and oxygen atoms in total. The SMILES string of the molecule is CC(C)(C)OC(=O)N1[C@@H]2CC[C@H]1CN(c1nc(OCC34CCCN3CCOC4)nc3c(F)c(-c4cccc5cccc(Cl)c45)ncc13)C2. The summed E-state index contributed by atoms with van der Waals surface area (Å²) in [5, 5.41) is 2.62. The minimum Gasteiger partial charge on any atom is -0.461 e. The van der Waals surface area contributed by atoms with E-state index in [9.17, 15) is 4.79 Å². The molecule has 3 atom stereocenters. The number of fused-ring (bicyclic) bond motifs is 5. The fourth-order valence-corrected chi connectivity index (χ4v) is 8.33. The normalized spacial score (nSPS) is 24.4. The molecule has 4 aliphatic heterocycles. The van der Waals surface area contributed by atoms with Gasteiger partial charge in [-0.25, -0.2) is 9.18 Å². The molecule has 2 aromatic heterocycles. The number of benzene rings is 2. The van der Waals surface area contributed by atoms with Crippen LogP contribution in [0.15, 0.2) is 42.6 Å². The maximum Gasteiger partial charge on any atom is 0.410 e. The second-order valence-corrected chi connectivity index (χ2v) is 14.9. The molecule has 0 radical (unpaired) electrons. The summed E-state index contributed by atoms with van der Waals surface area (Å²) in [5.41, 5.74) is 0.0372. The van der Waals surface area contributed by atoms with Crippen LogP contribution in [0, 0.1) is 5.82 Å². The van der Waals surface area contributed by atoms with Gasteiger partial charge in [0.2, 0.25) is 0 Å². The van der Waals surface area contributed by atoms with Crippen molar-refractivity contribution >= 4 is 45.2 Å². The lowest BCUT2D eigenvalue weighted by molar-refractivity contribution is -0.0664. The van der Waals surface area contributed by atoms with Crippen LogP contribution in [0.4, 0.5) is 15.0 Å². The van der Waals surface area contributed by atoms with E-state index in [0.717, 1.165) is 49.5 Å². The summed E-state index contributed by atoms with van der Waals surface area (Å²) in [6.07, 6.45) is 5.07. The Morgan fingerprint density at radius 2 is 1.88 bits per heavy atom. The smallest absolute Gasteiger partial charge is 0.410 e. The number of aromatic nitrogens is 3. The monoisotopic (exact) mass is 674 g/mol. The van der Waals surface area contributed by atoms with Crippen molar-refractivity contribution in [3.63, 3.8) is 0 Å². The summed E-state index contributed by atoms with van der Waals surface area (Å²) in [5.74, 6) is -0.0178. The third-order valence-corrected chi connectivity index (χ3v) is 10.5. The van der Waals surface area contributed by atoms with E-state index in [0.29, 0.717) is 54.7 Å². The van der Waals surface area contributed by atoms with Crippen LogP contribution >= 0.6 is 11.6 Å². The molecular formula is C36H40ClFN6O4. The third-order valence-electron chi connectivity index (χ3n) is 10.2. The molecule has 1 amide bonds. The predicted molar refractivity (Wildman–Crippen MR) is 182 cm³/mol. The first-order chi connectivity index (χ1) is 23.1. The van der Waals surface area contributed by atoms with Gasteiger partial charge >= 0.3 is 12.1 Å². The van der Waals surface area contributed by atoms with Crippen LogP contribution in [0.3, 0.4) is 0 Å². The van der Waals surface area contributed by atoms with Gasteiger partial charge in [0.25, 0.3) is 0 Å². The number of anilines is 1. The Bertz CT molecular complexity index is 1890. The van der Waals surface area contributed by atoms with Gasteiger partial charge in [0, 0.05) is 41.8 Å². The number of halogens is 2. The Labute approximate surface area is 284 Å². The summed E-state index contributed by atoms with van der Waals surface area (Å²) in [6.45, 7) is 10.2. The molecule has 1 unspecified atom stereocenters. The number of pyridine rings is 1. The molecule has 252 valence electrons.